The van der Waals surface area contributed by atoms with E-state index in [1.54, 1.807) is 47.4 Å². The van der Waals surface area contributed by atoms with Crippen molar-refractivity contribution >= 4 is 51.1 Å². The van der Waals surface area contributed by atoms with Gasteiger partial charge in [-0.2, -0.15) is 0 Å². The minimum absolute atomic E-state index is 0.0218. The van der Waals surface area contributed by atoms with E-state index in [0.29, 0.717) is 51.2 Å². The van der Waals surface area contributed by atoms with Crippen LogP contribution in [-0.4, -0.2) is 49.2 Å². The Bertz CT molecular complexity index is 2690. The van der Waals surface area contributed by atoms with Gasteiger partial charge in [0.2, 0.25) is 0 Å². The van der Waals surface area contributed by atoms with E-state index in [2.05, 4.69) is 0 Å². The topological polar surface area (TPSA) is 113 Å². The largest absolute Gasteiger partial charge is 0.504 e. The van der Waals surface area contributed by atoms with Crippen molar-refractivity contribution in [2.24, 2.45) is 35.5 Å². The van der Waals surface area contributed by atoms with Crippen molar-refractivity contribution in [3.8, 4) is 22.8 Å². The molecule has 3 heterocycles. The lowest BCUT2D eigenvalue weighted by molar-refractivity contribution is -0.0893. The molecule has 0 bridgehead atoms. The Morgan fingerprint density at radius 1 is 0.534 bits per heavy atom. The minimum Gasteiger partial charge on any atom is -0.504 e. The lowest BCUT2D eigenvalue weighted by atomic mass is 9.47. The number of carbonyl (C=O) groups is 4. The third-order valence-electron chi connectivity index (χ3n) is 15.1. The maximum Gasteiger partial charge on any atom is 0.266 e. The Morgan fingerprint density at radius 3 is 1.71 bits per heavy atom. The fourth-order valence-electron chi connectivity index (χ4n) is 12.9. The number of para-hydroxylation sites is 3. The first-order valence-corrected chi connectivity index (χ1v) is 21.1. The molecule has 0 saturated heterocycles. The molecule has 12 rings (SSSR count). The number of hydrogen-bond acceptors (Lipinski definition) is 6. The molecule has 6 aliphatic rings. The van der Waals surface area contributed by atoms with Gasteiger partial charge in [0.1, 0.15) is 5.82 Å². The zero-order valence-corrected chi connectivity index (χ0v) is 32.0. The van der Waals surface area contributed by atoms with Crippen LogP contribution in [0, 0.1) is 35.5 Å². The van der Waals surface area contributed by atoms with Crippen LogP contribution in [-0.2, 0) is 0 Å². The molecule has 1 N–H and O–H groups in total. The molecule has 4 unspecified atom stereocenters. The van der Waals surface area contributed by atoms with Crippen molar-refractivity contribution < 1.29 is 24.3 Å². The molecule has 4 saturated carbocycles. The van der Waals surface area contributed by atoms with Crippen LogP contribution in [0.4, 0.5) is 5.69 Å². The smallest absolute Gasteiger partial charge is 0.266 e. The van der Waals surface area contributed by atoms with Gasteiger partial charge in [-0.1, -0.05) is 67.8 Å². The Morgan fingerprint density at radius 2 is 1.07 bits per heavy atom. The molecule has 4 atom stereocenters. The van der Waals surface area contributed by atoms with Crippen molar-refractivity contribution in [2.75, 3.05) is 4.90 Å². The summed E-state index contributed by atoms with van der Waals surface area (Å²) in [6.45, 7) is 0. The number of rotatable bonds is 4. The SMILES string of the molecule is O=C1c2ccc3c4c(ccc(c24)C(=O)N1c1cccc(-n2c(-c4ccccc4)nc4ccccc42)c1O)C(=O)N(C1CC2CCC4CCCC5CCC(C1)C2C45)C3=O. The standard InChI is InChI=1S/C49H42N4O5/c54-44-38(52-37-13-5-4-12-36(37)50-45(52)28-8-2-1-3-9-28)14-7-15-39(44)53-48(57)34-22-20-32-42-33(21-23-35(43(34)42)49(53)58)47(56)51(46(32)55)31-24-29-18-16-26-10-6-11-27-17-19-30(25-31)41(29)40(26)27/h1-5,7-9,12-15,20-23,26-27,29-31,40-41,54H,6,10-11,16-19,24-25H2. The van der Waals surface area contributed by atoms with E-state index in [-0.39, 0.29) is 40.4 Å². The lowest BCUT2D eigenvalue weighted by Gasteiger charge is -2.59. The van der Waals surface area contributed by atoms with Gasteiger partial charge in [-0.05, 0) is 123 Å². The second-order valence-electron chi connectivity index (χ2n) is 17.7. The van der Waals surface area contributed by atoms with Gasteiger partial charge in [-0.25, -0.2) is 9.88 Å². The summed E-state index contributed by atoms with van der Waals surface area (Å²) in [7, 11) is 0. The molecule has 0 radical (unpaired) electrons. The first-order valence-electron chi connectivity index (χ1n) is 21.1. The number of anilines is 1. The monoisotopic (exact) mass is 766 g/mol. The average Bonchev–Trinajstić information content (AvgIpc) is 3.64. The Hall–Kier alpha value is -6.09. The quantitative estimate of drug-likeness (QED) is 0.179. The minimum atomic E-state index is -0.637. The number of phenols is 1. The highest BCUT2D eigenvalue weighted by molar-refractivity contribution is 6.39. The van der Waals surface area contributed by atoms with E-state index in [9.17, 15) is 24.3 Å². The highest BCUT2D eigenvalue weighted by Gasteiger charge is 2.54. The van der Waals surface area contributed by atoms with Gasteiger partial charge < -0.3 is 5.11 Å². The molecule has 4 amide bonds. The van der Waals surface area contributed by atoms with Crippen LogP contribution < -0.4 is 4.90 Å². The van der Waals surface area contributed by atoms with Gasteiger partial charge in [0.05, 0.1) is 22.4 Å². The summed E-state index contributed by atoms with van der Waals surface area (Å²) in [5.41, 5.74) is 3.79. The van der Waals surface area contributed by atoms with Crippen LogP contribution in [0.3, 0.4) is 0 Å². The van der Waals surface area contributed by atoms with Crippen LogP contribution in [0.15, 0.2) is 97.1 Å². The number of imide groups is 2. The van der Waals surface area contributed by atoms with Gasteiger partial charge in [0, 0.05) is 44.6 Å². The van der Waals surface area contributed by atoms with Crippen LogP contribution in [0.5, 0.6) is 5.75 Å². The summed E-state index contributed by atoms with van der Waals surface area (Å²) in [5.74, 6) is 2.69. The van der Waals surface area contributed by atoms with E-state index in [1.807, 2.05) is 59.2 Å². The number of carbonyl (C=O) groups excluding carboxylic acids is 4. The maximum absolute atomic E-state index is 14.6. The summed E-state index contributed by atoms with van der Waals surface area (Å²) in [4.78, 5) is 65.8. The predicted molar refractivity (Wildman–Crippen MR) is 220 cm³/mol. The van der Waals surface area contributed by atoms with Gasteiger partial charge in [0.15, 0.2) is 5.75 Å². The van der Waals surface area contributed by atoms with E-state index < -0.39 is 11.8 Å². The molecule has 5 aromatic carbocycles. The second kappa shape index (κ2) is 12.5. The first-order chi connectivity index (χ1) is 28.4. The zero-order chi connectivity index (χ0) is 39.0. The molecule has 58 heavy (non-hydrogen) atoms. The van der Waals surface area contributed by atoms with E-state index in [4.69, 9.17) is 4.98 Å². The number of imidazole rings is 1. The third kappa shape index (κ3) is 4.61. The summed E-state index contributed by atoms with van der Waals surface area (Å²) in [5, 5.41) is 12.8. The Kier molecular flexibility index (Phi) is 7.30. The predicted octanol–water partition coefficient (Wildman–Crippen LogP) is 9.58. The number of aromatic nitrogens is 2. The lowest BCUT2D eigenvalue weighted by Crippen LogP contribution is -2.56. The fourth-order valence-corrected chi connectivity index (χ4v) is 12.9. The summed E-state index contributed by atoms with van der Waals surface area (Å²) in [6.07, 6.45) is 10.7. The van der Waals surface area contributed by atoms with Gasteiger partial charge >= 0.3 is 0 Å². The molecule has 4 fully saturated rings. The molecule has 6 aromatic rings. The van der Waals surface area contributed by atoms with Crippen molar-refractivity contribution in [3.05, 3.63) is 119 Å². The fraction of sp³-hybridized carbons (Fsp3) is 0.327. The number of benzene rings is 5. The molecule has 9 heteroatoms. The van der Waals surface area contributed by atoms with E-state index in [0.717, 1.165) is 52.1 Å². The molecule has 1 aromatic heterocycles. The van der Waals surface area contributed by atoms with Crippen LogP contribution in [0.1, 0.15) is 99.2 Å². The maximum atomic E-state index is 14.6. The number of phenolic OH excluding ortho intramolecular Hbond substituents is 1. The number of hydrogen-bond donors (Lipinski definition) is 1. The zero-order valence-electron chi connectivity index (χ0n) is 32.0. The first kappa shape index (κ1) is 34.0. The summed E-state index contributed by atoms with van der Waals surface area (Å²) in [6, 6.07) is 28.6. The number of amides is 4. The van der Waals surface area contributed by atoms with Crippen molar-refractivity contribution in [3.63, 3.8) is 0 Å². The third-order valence-corrected chi connectivity index (χ3v) is 15.1. The molecule has 2 aliphatic heterocycles. The van der Waals surface area contributed by atoms with Crippen molar-refractivity contribution in [1.29, 1.82) is 0 Å². The van der Waals surface area contributed by atoms with Gasteiger partial charge in [0.25, 0.3) is 23.6 Å². The van der Waals surface area contributed by atoms with Crippen LogP contribution in [0.25, 0.3) is 38.9 Å². The molecular weight excluding hydrogens is 725 g/mol. The van der Waals surface area contributed by atoms with E-state index in [1.165, 1.54) is 44.9 Å². The van der Waals surface area contributed by atoms with Crippen LogP contribution >= 0.6 is 0 Å². The molecule has 0 spiro atoms. The second-order valence-corrected chi connectivity index (χ2v) is 17.7. The highest BCUT2D eigenvalue weighted by atomic mass is 16.3. The van der Waals surface area contributed by atoms with Gasteiger partial charge in [-0.3, -0.25) is 28.6 Å². The molecule has 4 aliphatic carbocycles. The Labute approximate surface area is 335 Å². The average molecular weight is 767 g/mol. The molecular formula is C49H42N4O5. The van der Waals surface area contributed by atoms with Crippen LogP contribution in [0.2, 0.25) is 0 Å². The van der Waals surface area contributed by atoms with Gasteiger partial charge in [-0.15, -0.1) is 0 Å². The highest BCUT2D eigenvalue weighted by Crippen LogP contribution is 2.60. The number of aromatic hydroxyl groups is 1. The normalized spacial score (nSPS) is 27.3. The van der Waals surface area contributed by atoms with E-state index >= 15 is 0 Å². The summed E-state index contributed by atoms with van der Waals surface area (Å²) >= 11 is 0. The number of fused-ring (bicyclic) bond motifs is 1. The summed E-state index contributed by atoms with van der Waals surface area (Å²) < 4.78 is 1.84. The molecule has 9 nitrogen and oxygen atoms in total. The van der Waals surface area contributed by atoms with Crippen molar-refractivity contribution in [2.45, 2.75) is 63.8 Å². The number of nitrogens with zero attached hydrogens (tertiary/aromatic N) is 4. The Balaban J connectivity index is 0.908. The molecule has 288 valence electrons. The van der Waals surface area contributed by atoms with Crippen molar-refractivity contribution in [1.82, 2.24) is 14.5 Å².